The number of nitrogens with zero attached hydrogens (tertiary/aromatic N) is 2. The van der Waals surface area contributed by atoms with Gasteiger partial charge in [0.2, 0.25) is 5.91 Å². The number of hydrogen-bond donors (Lipinski definition) is 1. The number of carbonyl (C=O) groups is 2. The van der Waals surface area contributed by atoms with Crippen LogP contribution in [0.15, 0.2) is 10.6 Å². The predicted octanol–water partition coefficient (Wildman–Crippen LogP) is 3.10. The number of likely N-dealkylation sites (tertiary alicyclic amines) is 1. The number of nitrogens with one attached hydrogen (secondary N) is 1. The van der Waals surface area contributed by atoms with Crippen LogP contribution in [0.3, 0.4) is 0 Å². The molecule has 3 rings (SSSR count). The quantitative estimate of drug-likeness (QED) is 0.908. The van der Waals surface area contributed by atoms with Crippen molar-refractivity contribution in [2.75, 3.05) is 13.1 Å². The van der Waals surface area contributed by atoms with Gasteiger partial charge >= 0.3 is 0 Å². The fraction of sp³-hybridized carbons (Fsp3) is 0.737. The molecule has 1 aromatic heterocycles. The Morgan fingerprint density at radius 2 is 1.84 bits per heavy atom. The molecule has 2 aliphatic rings. The van der Waals surface area contributed by atoms with E-state index in [0.29, 0.717) is 24.8 Å². The molecule has 2 heterocycles. The van der Waals surface area contributed by atoms with Gasteiger partial charge in [-0.1, -0.05) is 38.3 Å². The third kappa shape index (κ3) is 4.41. The maximum Gasteiger partial charge on any atom is 0.276 e. The number of rotatable bonds is 4. The fourth-order valence-corrected chi connectivity index (χ4v) is 3.73. The molecule has 6 heteroatoms. The minimum absolute atomic E-state index is 0.0227. The molecule has 1 saturated carbocycles. The lowest BCUT2D eigenvalue weighted by molar-refractivity contribution is -0.127. The van der Waals surface area contributed by atoms with Gasteiger partial charge in [0.05, 0.1) is 0 Å². The van der Waals surface area contributed by atoms with E-state index in [1.807, 2.05) is 13.8 Å². The van der Waals surface area contributed by atoms with Crippen LogP contribution in [0.5, 0.6) is 0 Å². The monoisotopic (exact) mass is 347 g/mol. The van der Waals surface area contributed by atoms with Crippen LogP contribution in [0.4, 0.5) is 0 Å². The van der Waals surface area contributed by atoms with Crippen molar-refractivity contribution in [3.8, 4) is 0 Å². The Kier molecular flexibility index (Phi) is 5.76. The van der Waals surface area contributed by atoms with E-state index in [2.05, 4.69) is 10.5 Å². The molecule has 2 fully saturated rings. The maximum atomic E-state index is 12.5. The van der Waals surface area contributed by atoms with Crippen LogP contribution in [0, 0.1) is 5.92 Å². The molecule has 2 amide bonds. The second kappa shape index (κ2) is 8.02. The smallest absolute Gasteiger partial charge is 0.276 e. The summed E-state index contributed by atoms with van der Waals surface area (Å²) in [6.07, 6.45) is 7.37. The SMILES string of the molecule is CC(C)c1cc(C(=O)N2CCC(C(=O)NC3CCCCC3)CC2)no1. The highest BCUT2D eigenvalue weighted by atomic mass is 16.5. The summed E-state index contributed by atoms with van der Waals surface area (Å²) in [4.78, 5) is 26.8. The number of hydrogen-bond acceptors (Lipinski definition) is 4. The van der Waals surface area contributed by atoms with Gasteiger partial charge in [-0.05, 0) is 25.7 Å². The van der Waals surface area contributed by atoms with E-state index in [1.54, 1.807) is 11.0 Å². The van der Waals surface area contributed by atoms with E-state index < -0.39 is 0 Å². The van der Waals surface area contributed by atoms with Crippen LogP contribution in [0.25, 0.3) is 0 Å². The number of aromatic nitrogens is 1. The van der Waals surface area contributed by atoms with Gasteiger partial charge in [0.25, 0.3) is 5.91 Å². The van der Waals surface area contributed by atoms with E-state index in [1.165, 1.54) is 19.3 Å². The summed E-state index contributed by atoms with van der Waals surface area (Å²) in [6, 6.07) is 2.08. The largest absolute Gasteiger partial charge is 0.360 e. The highest BCUT2D eigenvalue weighted by Gasteiger charge is 2.30. The van der Waals surface area contributed by atoms with Crippen LogP contribution in [0.2, 0.25) is 0 Å². The first-order valence-electron chi connectivity index (χ1n) is 9.61. The standard InChI is InChI=1S/C19H29N3O3/c1-13(2)17-12-16(21-25-17)19(24)22-10-8-14(9-11-22)18(23)20-15-6-4-3-5-7-15/h12-15H,3-11H2,1-2H3,(H,20,23). The molecule has 1 aromatic rings. The van der Waals surface area contributed by atoms with Gasteiger partial charge in [-0.3, -0.25) is 9.59 Å². The van der Waals surface area contributed by atoms with Gasteiger partial charge < -0.3 is 14.7 Å². The van der Waals surface area contributed by atoms with Gasteiger partial charge in [0.1, 0.15) is 5.76 Å². The van der Waals surface area contributed by atoms with Crippen LogP contribution in [-0.4, -0.2) is 41.0 Å². The molecule has 1 saturated heterocycles. The van der Waals surface area contributed by atoms with Crippen LogP contribution >= 0.6 is 0 Å². The number of amides is 2. The molecular weight excluding hydrogens is 318 g/mol. The molecule has 0 bridgehead atoms. The second-order valence-corrected chi connectivity index (χ2v) is 7.68. The van der Waals surface area contributed by atoms with Crippen molar-refractivity contribution in [3.63, 3.8) is 0 Å². The minimum atomic E-state index is -0.0956. The van der Waals surface area contributed by atoms with Crippen molar-refractivity contribution in [1.82, 2.24) is 15.4 Å². The molecule has 0 radical (unpaired) electrons. The Morgan fingerprint density at radius 1 is 1.16 bits per heavy atom. The summed E-state index contributed by atoms with van der Waals surface area (Å²) in [6.45, 7) is 5.22. The summed E-state index contributed by atoms with van der Waals surface area (Å²) < 4.78 is 5.22. The van der Waals surface area contributed by atoms with Crippen molar-refractivity contribution in [3.05, 3.63) is 17.5 Å². The maximum absolute atomic E-state index is 12.5. The van der Waals surface area contributed by atoms with E-state index in [4.69, 9.17) is 4.52 Å². The normalized spacial score (nSPS) is 20.0. The van der Waals surface area contributed by atoms with Crippen molar-refractivity contribution in [1.29, 1.82) is 0 Å². The molecule has 0 aromatic carbocycles. The second-order valence-electron chi connectivity index (χ2n) is 7.68. The molecular formula is C19H29N3O3. The molecule has 0 spiro atoms. The summed E-state index contributed by atoms with van der Waals surface area (Å²) in [5, 5.41) is 7.11. The lowest BCUT2D eigenvalue weighted by Crippen LogP contribution is -2.45. The fourth-order valence-electron chi connectivity index (χ4n) is 3.73. The Morgan fingerprint density at radius 3 is 2.44 bits per heavy atom. The first kappa shape index (κ1) is 18.0. The van der Waals surface area contributed by atoms with Gasteiger partial charge in [0.15, 0.2) is 5.69 Å². The third-order valence-corrected chi connectivity index (χ3v) is 5.42. The predicted molar refractivity (Wildman–Crippen MR) is 94.2 cm³/mol. The lowest BCUT2D eigenvalue weighted by atomic mass is 9.92. The van der Waals surface area contributed by atoms with Gasteiger partial charge in [-0.2, -0.15) is 0 Å². The molecule has 1 aliphatic heterocycles. The average Bonchev–Trinajstić information content (AvgIpc) is 3.12. The summed E-state index contributed by atoms with van der Waals surface area (Å²) >= 11 is 0. The molecule has 1 N–H and O–H groups in total. The first-order valence-corrected chi connectivity index (χ1v) is 9.61. The van der Waals surface area contributed by atoms with Crippen LogP contribution in [0.1, 0.15) is 81.0 Å². The molecule has 6 nitrogen and oxygen atoms in total. The van der Waals surface area contributed by atoms with E-state index in [9.17, 15) is 9.59 Å². The summed E-state index contributed by atoms with van der Waals surface area (Å²) in [5.74, 6) is 1.03. The third-order valence-electron chi connectivity index (χ3n) is 5.42. The van der Waals surface area contributed by atoms with Gasteiger partial charge in [-0.15, -0.1) is 0 Å². The van der Waals surface area contributed by atoms with E-state index in [0.717, 1.165) is 31.4 Å². The Bertz CT molecular complexity index is 597. The summed E-state index contributed by atoms with van der Waals surface area (Å²) in [7, 11) is 0. The van der Waals surface area contributed by atoms with Crippen molar-refractivity contribution >= 4 is 11.8 Å². The lowest BCUT2D eigenvalue weighted by Gasteiger charge is -2.32. The molecule has 0 atom stereocenters. The highest BCUT2D eigenvalue weighted by Crippen LogP contribution is 2.23. The number of carbonyl (C=O) groups excluding carboxylic acids is 2. The molecule has 25 heavy (non-hydrogen) atoms. The van der Waals surface area contributed by atoms with Gasteiger partial charge in [-0.25, -0.2) is 0 Å². The zero-order valence-electron chi connectivity index (χ0n) is 15.3. The Balaban J connectivity index is 1.48. The zero-order chi connectivity index (χ0) is 17.8. The molecule has 1 aliphatic carbocycles. The molecule has 138 valence electrons. The van der Waals surface area contributed by atoms with Crippen molar-refractivity contribution in [2.24, 2.45) is 5.92 Å². The van der Waals surface area contributed by atoms with E-state index in [-0.39, 0.29) is 23.7 Å². The van der Waals surface area contributed by atoms with Crippen molar-refractivity contribution in [2.45, 2.75) is 70.8 Å². The summed E-state index contributed by atoms with van der Waals surface area (Å²) in [5.41, 5.74) is 0.369. The minimum Gasteiger partial charge on any atom is -0.360 e. The van der Waals surface area contributed by atoms with E-state index >= 15 is 0 Å². The molecule has 0 unspecified atom stereocenters. The Hall–Kier alpha value is -1.85. The average molecular weight is 347 g/mol. The highest BCUT2D eigenvalue weighted by molar-refractivity contribution is 5.92. The Labute approximate surface area is 149 Å². The van der Waals surface area contributed by atoms with Crippen LogP contribution in [-0.2, 0) is 4.79 Å². The zero-order valence-corrected chi connectivity index (χ0v) is 15.3. The first-order chi connectivity index (χ1) is 12.0. The topological polar surface area (TPSA) is 75.4 Å². The van der Waals surface area contributed by atoms with Gasteiger partial charge in [0, 0.05) is 37.0 Å². The van der Waals surface area contributed by atoms with Crippen LogP contribution < -0.4 is 5.32 Å². The van der Waals surface area contributed by atoms with Crippen molar-refractivity contribution < 1.29 is 14.1 Å². The number of piperidine rings is 1.